The van der Waals surface area contributed by atoms with Gasteiger partial charge in [0.05, 0.1) is 44.6 Å². The predicted molar refractivity (Wildman–Crippen MR) is 157 cm³/mol. The summed E-state index contributed by atoms with van der Waals surface area (Å²) in [6, 6.07) is 13.0. The summed E-state index contributed by atoms with van der Waals surface area (Å²) < 4.78 is 17.0. The van der Waals surface area contributed by atoms with Crippen molar-refractivity contribution in [1.29, 1.82) is 0 Å². The molecule has 0 aromatic heterocycles. The molecule has 3 aromatic carbocycles. The third-order valence-electron chi connectivity index (χ3n) is 5.48. The van der Waals surface area contributed by atoms with Gasteiger partial charge in [0.15, 0.2) is 11.5 Å². The zero-order valence-corrected chi connectivity index (χ0v) is 24.2. The van der Waals surface area contributed by atoms with Crippen molar-refractivity contribution in [3.63, 3.8) is 0 Å². The van der Waals surface area contributed by atoms with Crippen LogP contribution in [0.15, 0.2) is 48.5 Å². The van der Waals surface area contributed by atoms with Crippen LogP contribution in [-0.2, 0) is 16.0 Å². The van der Waals surface area contributed by atoms with Gasteiger partial charge >= 0.3 is 11.9 Å². The number of para-hydroxylation sites is 1. The van der Waals surface area contributed by atoms with E-state index >= 15 is 0 Å². The van der Waals surface area contributed by atoms with E-state index in [0.29, 0.717) is 78.6 Å². The van der Waals surface area contributed by atoms with Crippen LogP contribution in [0.4, 0.5) is 11.4 Å². The highest BCUT2D eigenvalue weighted by Crippen LogP contribution is 2.37. The van der Waals surface area contributed by atoms with E-state index in [9.17, 15) is 14.7 Å². The maximum atomic E-state index is 11.4. The molecule has 0 heterocycles. The van der Waals surface area contributed by atoms with Crippen LogP contribution in [0.1, 0.15) is 35.2 Å². The minimum Gasteiger partial charge on any atom is -0.490 e. The molecule has 40 heavy (non-hydrogen) atoms. The van der Waals surface area contributed by atoms with E-state index in [0.717, 1.165) is 5.56 Å². The molecule has 214 valence electrons. The molecular weight excluding hydrogens is 604 g/mol. The van der Waals surface area contributed by atoms with E-state index in [1.54, 1.807) is 42.5 Å². The topological polar surface area (TPSA) is 114 Å². The van der Waals surface area contributed by atoms with Crippen LogP contribution >= 0.6 is 46.4 Å². The van der Waals surface area contributed by atoms with Crippen molar-refractivity contribution in [3.8, 4) is 11.5 Å². The highest BCUT2D eigenvalue weighted by Gasteiger charge is 2.14. The second kappa shape index (κ2) is 15.8. The summed E-state index contributed by atoms with van der Waals surface area (Å²) >= 11 is 25.2. The maximum Gasteiger partial charge on any atom is 0.337 e. The van der Waals surface area contributed by atoms with Crippen LogP contribution in [0.5, 0.6) is 11.5 Å². The Morgan fingerprint density at radius 2 is 1.27 bits per heavy atom. The molecule has 0 atom stereocenters. The van der Waals surface area contributed by atoms with Crippen molar-refractivity contribution in [2.45, 2.75) is 25.7 Å². The Hall–Kier alpha value is -2.88. The van der Waals surface area contributed by atoms with Crippen molar-refractivity contribution in [1.82, 2.24) is 0 Å². The molecule has 0 saturated carbocycles. The quantitative estimate of drug-likeness (QED) is 0.136. The minimum absolute atomic E-state index is 0.00922. The van der Waals surface area contributed by atoms with Gasteiger partial charge < -0.3 is 29.7 Å². The van der Waals surface area contributed by atoms with E-state index in [1.807, 2.05) is 0 Å². The van der Waals surface area contributed by atoms with E-state index in [4.69, 9.17) is 65.7 Å². The van der Waals surface area contributed by atoms with Gasteiger partial charge in [0.25, 0.3) is 0 Å². The molecule has 3 N–H and O–H groups in total. The number of nitrogens with one attached hydrogen (secondary N) is 1. The number of aromatic carboxylic acids is 1. The lowest BCUT2D eigenvalue weighted by Crippen LogP contribution is -2.07. The Balaban J connectivity index is 1.36. The van der Waals surface area contributed by atoms with Crippen LogP contribution in [0.25, 0.3) is 0 Å². The molecule has 0 amide bonds. The molecule has 0 fully saturated rings. The van der Waals surface area contributed by atoms with Crippen LogP contribution in [0.3, 0.4) is 0 Å². The van der Waals surface area contributed by atoms with E-state index in [-0.39, 0.29) is 22.0 Å². The summed E-state index contributed by atoms with van der Waals surface area (Å²) in [6.07, 6.45) is 1.52. The molecule has 0 saturated heterocycles. The molecule has 0 spiro atoms. The van der Waals surface area contributed by atoms with Crippen molar-refractivity contribution in [3.05, 3.63) is 79.7 Å². The number of carboxylic acid groups (broad SMARTS) is 2. The normalized spacial score (nSPS) is 10.8. The molecule has 0 aliphatic rings. The number of halogens is 4. The standard InChI is InChI=1S/C28H27Cl4NO7/c29-20-13-17(7-8-25(34)35)14-21(30)26(20)39-11-3-9-38-10-4-12-40-27-22(31)15-18(16-23(27)32)33-24-6-2-1-5-19(24)28(36)37/h1-2,5-6,13-16,33H,3-4,7-12H2,(H,34,35)(H,36,37). The van der Waals surface area contributed by atoms with Gasteiger partial charge in [0, 0.05) is 38.2 Å². The fourth-order valence-corrected chi connectivity index (χ4v) is 4.86. The molecule has 8 nitrogen and oxygen atoms in total. The molecule has 3 rings (SSSR count). The molecule has 0 unspecified atom stereocenters. The summed E-state index contributed by atoms with van der Waals surface area (Å²) in [5.74, 6) is -1.25. The highest BCUT2D eigenvalue weighted by molar-refractivity contribution is 6.38. The number of ether oxygens (including phenoxy) is 3. The Morgan fingerprint density at radius 3 is 1.80 bits per heavy atom. The number of hydrogen-bond acceptors (Lipinski definition) is 6. The summed E-state index contributed by atoms with van der Waals surface area (Å²) in [6.45, 7) is 1.56. The van der Waals surface area contributed by atoms with Gasteiger partial charge in [-0.3, -0.25) is 4.79 Å². The number of aryl methyl sites for hydroxylation is 1. The molecule has 0 bridgehead atoms. The number of benzene rings is 3. The monoisotopic (exact) mass is 629 g/mol. The molecule has 3 aromatic rings. The first-order valence-electron chi connectivity index (χ1n) is 12.3. The summed E-state index contributed by atoms with van der Waals surface area (Å²) in [5.41, 5.74) is 1.79. The number of rotatable bonds is 16. The third-order valence-corrected chi connectivity index (χ3v) is 6.60. The smallest absolute Gasteiger partial charge is 0.337 e. The van der Waals surface area contributed by atoms with Gasteiger partial charge in [0.2, 0.25) is 0 Å². The lowest BCUT2D eigenvalue weighted by atomic mass is 10.1. The first kappa shape index (κ1) is 31.6. The average molecular weight is 631 g/mol. The largest absolute Gasteiger partial charge is 0.490 e. The lowest BCUT2D eigenvalue weighted by Gasteiger charge is -2.14. The summed E-state index contributed by atoms with van der Waals surface area (Å²) in [5, 5.41) is 22.4. The van der Waals surface area contributed by atoms with Crippen LogP contribution < -0.4 is 14.8 Å². The van der Waals surface area contributed by atoms with Gasteiger partial charge in [-0.15, -0.1) is 0 Å². The lowest BCUT2D eigenvalue weighted by molar-refractivity contribution is -0.136. The first-order chi connectivity index (χ1) is 19.2. The Labute approximate surface area is 251 Å². The van der Waals surface area contributed by atoms with Crippen molar-refractivity contribution in [2.75, 3.05) is 31.7 Å². The Kier molecular flexibility index (Phi) is 12.5. The molecular formula is C28H27Cl4NO7. The molecule has 12 heteroatoms. The van der Waals surface area contributed by atoms with Crippen molar-refractivity contribution in [2.24, 2.45) is 0 Å². The van der Waals surface area contributed by atoms with Gasteiger partial charge in [0.1, 0.15) is 0 Å². The second-order valence-corrected chi connectivity index (χ2v) is 10.2. The van der Waals surface area contributed by atoms with E-state index in [2.05, 4.69) is 5.32 Å². The van der Waals surface area contributed by atoms with Gasteiger partial charge in [-0.25, -0.2) is 4.79 Å². The SMILES string of the molecule is O=C(O)CCc1cc(Cl)c(OCCCOCCCOc2c(Cl)cc(Nc3ccccc3C(=O)O)cc2Cl)c(Cl)c1. The second-order valence-electron chi connectivity index (χ2n) is 8.54. The summed E-state index contributed by atoms with van der Waals surface area (Å²) in [7, 11) is 0. The molecule has 0 radical (unpaired) electrons. The fourth-order valence-electron chi connectivity index (χ4n) is 3.62. The summed E-state index contributed by atoms with van der Waals surface area (Å²) in [4.78, 5) is 22.2. The zero-order chi connectivity index (χ0) is 29.1. The Bertz CT molecular complexity index is 1290. The van der Waals surface area contributed by atoms with Gasteiger partial charge in [-0.1, -0.05) is 58.5 Å². The van der Waals surface area contributed by atoms with Gasteiger partial charge in [-0.05, 0) is 48.4 Å². The Morgan fingerprint density at radius 1 is 0.750 bits per heavy atom. The van der Waals surface area contributed by atoms with E-state index in [1.165, 1.54) is 6.07 Å². The zero-order valence-electron chi connectivity index (χ0n) is 21.2. The van der Waals surface area contributed by atoms with Crippen LogP contribution in [0, 0.1) is 0 Å². The van der Waals surface area contributed by atoms with Gasteiger partial charge in [-0.2, -0.15) is 0 Å². The van der Waals surface area contributed by atoms with Crippen LogP contribution in [0.2, 0.25) is 20.1 Å². The number of carbonyl (C=O) groups is 2. The molecule has 0 aliphatic carbocycles. The van der Waals surface area contributed by atoms with Crippen molar-refractivity contribution >= 4 is 69.7 Å². The predicted octanol–water partition coefficient (Wildman–Crippen LogP) is 8.01. The number of hydrogen-bond donors (Lipinski definition) is 3. The average Bonchev–Trinajstić information content (AvgIpc) is 2.89. The number of carboxylic acids is 2. The van der Waals surface area contributed by atoms with E-state index < -0.39 is 11.9 Å². The molecule has 0 aliphatic heterocycles. The number of anilines is 2. The fraction of sp³-hybridized carbons (Fsp3) is 0.286. The number of aliphatic carboxylic acids is 1. The third kappa shape index (κ3) is 9.64. The highest BCUT2D eigenvalue weighted by atomic mass is 35.5. The maximum absolute atomic E-state index is 11.4. The first-order valence-corrected chi connectivity index (χ1v) is 13.8. The van der Waals surface area contributed by atoms with Crippen LogP contribution in [-0.4, -0.2) is 48.6 Å². The van der Waals surface area contributed by atoms with Crippen molar-refractivity contribution < 1.29 is 34.0 Å². The minimum atomic E-state index is -1.05.